The summed E-state index contributed by atoms with van der Waals surface area (Å²) in [5, 5.41) is 8.25. The van der Waals surface area contributed by atoms with E-state index in [1.807, 2.05) is 12.1 Å². The summed E-state index contributed by atoms with van der Waals surface area (Å²) in [6.45, 7) is 9.55. The van der Waals surface area contributed by atoms with Crippen molar-refractivity contribution in [2.24, 2.45) is 5.92 Å². The summed E-state index contributed by atoms with van der Waals surface area (Å²) in [6, 6.07) is 7.24. The third-order valence-electron chi connectivity index (χ3n) is 4.69. The van der Waals surface area contributed by atoms with Crippen molar-refractivity contribution in [3.05, 3.63) is 40.1 Å². The summed E-state index contributed by atoms with van der Waals surface area (Å²) in [7, 11) is 0. The Bertz CT molecular complexity index is 801. The molecule has 0 unspecified atom stereocenters. The number of carbonyl (C=O) groups is 1. The molecule has 6 nitrogen and oxygen atoms in total. The Morgan fingerprint density at radius 2 is 1.89 bits per heavy atom. The molecular weight excluding hydrogens is 399 g/mol. The third-order valence-corrected chi connectivity index (χ3v) is 5.23. The quantitative estimate of drug-likeness (QED) is 0.736. The molecule has 8 heteroatoms. The zero-order valence-electron chi connectivity index (χ0n) is 16.3. The summed E-state index contributed by atoms with van der Waals surface area (Å²) in [6.07, 6.45) is 0. The van der Waals surface area contributed by atoms with Crippen molar-refractivity contribution in [3.63, 3.8) is 0 Å². The van der Waals surface area contributed by atoms with Gasteiger partial charge in [-0.15, -0.1) is 0 Å². The maximum absolute atomic E-state index is 12.0. The zero-order chi connectivity index (χ0) is 20.1. The van der Waals surface area contributed by atoms with E-state index in [9.17, 15) is 4.79 Å². The molecule has 0 bridgehead atoms. The van der Waals surface area contributed by atoms with Crippen LogP contribution in [-0.2, 0) is 11.3 Å². The maximum atomic E-state index is 12.0. The van der Waals surface area contributed by atoms with Crippen LogP contribution in [0.1, 0.15) is 19.6 Å². The number of carbonyl (C=O) groups excluding carboxylic acids is 1. The molecule has 1 aromatic carbocycles. The zero-order valence-corrected chi connectivity index (χ0v) is 17.8. The lowest BCUT2D eigenvalue weighted by molar-refractivity contribution is -0.122. The fourth-order valence-corrected chi connectivity index (χ4v) is 3.62. The second-order valence-corrected chi connectivity index (χ2v) is 8.40. The van der Waals surface area contributed by atoms with Gasteiger partial charge in [0.1, 0.15) is 5.69 Å². The largest absolute Gasteiger partial charge is 0.359 e. The number of hydrogen-bond donors (Lipinski definition) is 1. The lowest BCUT2D eigenvalue weighted by atomic mass is 10.1. The molecular formula is C20H26Cl2N4O2. The van der Waals surface area contributed by atoms with Gasteiger partial charge in [0, 0.05) is 49.4 Å². The Balaban J connectivity index is 1.48. The number of piperazine rings is 1. The topological polar surface area (TPSA) is 61.6 Å². The lowest BCUT2D eigenvalue weighted by Gasteiger charge is -2.33. The average molecular weight is 425 g/mol. The number of nitrogens with one attached hydrogen (secondary N) is 1. The van der Waals surface area contributed by atoms with Crippen molar-refractivity contribution in [3.8, 4) is 11.3 Å². The van der Waals surface area contributed by atoms with Crippen molar-refractivity contribution in [1.29, 1.82) is 0 Å². The molecule has 0 radical (unpaired) electrons. The molecule has 152 valence electrons. The van der Waals surface area contributed by atoms with Crippen LogP contribution >= 0.6 is 23.2 Å². The fraction of sp³-hybridized carbons (Fsp3) is 0.500. The van der Waals surface area contributed by atoms with Gasteiger partial charge in [0.15, 0.2) is 5.76 Å². The number of aromatic nitrogens is 1. The maximum Gasteiger partial charge on any atom is 0.234 e. The van der Waals surface area contributed by atoms with E-state index in [4.69, 9.17) is 27.7 Å². The van der Waals surface area contributed by atoms with E-state index in [-0.39, 0.29) is 5.91 Å². The van der Waals surface area contributed by atoms with Crippen LogP contribution < -0.4 is 5.32 Å². The first-order valence-corrected chi connectivity index (χ1v) is 10.3. The van der Waals surface area contributed by atoms with Gasteiger partial charge in [-0.25, -0.2) is 0 Å². The smallest absolute Gasteiger partial charge is 0.234 e. The lowest BCUT2D eigenvalue weighted by Crippen LogP contribution is -2.49. The van der Waals surface area contributed by atoms with Gasteiger partial charge in [0.2, 0.25) is 5.91 Å². The highest BCUT2D eigenvalue weighted by Crippen LogP contribution is 2.30. The Hall–Kier alpha value is -1.60. The summed E-state index contributed by atoms with van der Waals surface area (Å²) in [5.41, 5.74) is 1.51. The van der Waals surface area contributed by atoms with Crippen LogP contribution in [0.25, 0.3) is 11.3 Å². The number of nitrogens with zero attached hydrogens (tertiary/aromatic N) is 3. The van der Waals surface area contributed by atoms with Crippen molar-refractivity contribution in [2.75, 3.05) is 39.3 Å². The molecule has 1 saturated heterocycles. The van der Waals surface area contributed by atoms with Crippen molar-refractivity contribution in [1.82, 2.24) is 20.3 Å². The van der Waals surface area contributed by atoms with Crippen molar-refractivity contribution >= 4 is 29.1 Å². The van der Waals surface area contributed by atoms with Gasteiger partial charge < -0.3 is 9.84 Å². The SMILES string of the molecule is CC(C)CNC(=O)CN1CCN(Cc2cc(-c3ccc(Cl)cc3Cl)no2)CC1. The number of amides is 1. The van der Waals surface area contributed by atoms with Crippen molar-refractivity contribution in [2.45, 2.75) is 20.4 Å². The van der Waals surface area contributed by atoms with E-state index in [0.717, 1.165) is 44.0 Å². The van der Waals surface area contributed by atoms with E-state index < -0.39 is 0 Å². The van der Waals surface area contributed by atoms with Crippen LogP contribution in [0, 0.1) is 5.92 Å². The second kappa shape index (κ2) is 9.74. The number of rotatable bonds is 7. The first-order chi connectivity index (χ1) is 13.4. The molecule has 3 rings (SSSR count). The minimum Gasteiger partial charge on any atom is -0.359 e. The summed E-state index contributed by atoms with van der Waals surface area (Å²) < 4.78 is 5.49. The van der Waals surface area contributed by atoms with Crippen LogP contribution in [0.5, 0.6) is 0 Å². The summed E-state index contributed by atoms with van der Waals surface area (Å²) in [5.74, 6) is 1.36. The van der Waals surface area contributed by atoms with E-state index in [2.05, 4.69) is 34.1 Å². The molecule has 1 aromatic heterocycles. The van der Waals surface area contributed by atoms with Gasteiger partial charge in [-0.05, 0) is 24.1 Å². The standard InChI is InChI=1S/C20H26Cl2N4O2/c1-14(2)11-23-20(27)13-26-7-5-25(6-8-26)12-16-10-19(24-28-16)17-4-3-15(21)9-18(17)22/h3-4,9-10,14H,5-8,11-13H2,1-2H3,(H,23,27). The van der Waals surface area contributed by atoms with E-state index in [0.29, 0.717) is 34.7 Å². The highest BCUT2D eigenvalue weighted by molar-refractivity contribution is 6.36. The van der Waals surface area contributed by atoms with Crippen LogP contribution in [0.3, 0.4) is 0 Å². The molecule has 0 atom stereocenters. The van der Waals surface area contributed by atoms with Crippen LogP contribution in [0.2, 0.25) is 10.0 Å². The predicted octanol–water partition coefficient (Wildman–Crippen LogP) is 3.54. The summed E-state index contributed by atoms with van der Waals surface area (Å²) in [4.78, 5) is 16.5. The molecule has 0 aliphatic carbocycles. The van der Waals surface area contributed by atoms with Gasteiger partial charge >= 0.3 is 0 Å². The number of halogens is 2. The van der Waals surface area contributed by atoms with Gasteiger partial charge in [-0.2, -0.15) is 0 Å². The fourth-order valence-electron chi connectivity index (χ4n) is 3.11. The Kier molecular flexibility index (Phi) is 7.35. The van der Waals surface area contributed by atoms with Crippen molar-refractivity contribution < 1.29 is 9.32 Å². The van der Waals surface area contributed by atoms with E-state index in [1.165, 1.54) is 0 Å². The van der Waals surface area contributed by atoms with Crippen LogP contribution in [0.15, 0.2) is 28.8 Å². The molecule has 0 saturated carbocycles. The number of hydrogen-bond acceptors (Lipinski definition) is 5. The van der Waals surface area contributed by atoms with Gasteiger partial charge in [0.25, 0.3) is 0 Å². The minimum absolute atomic E-state index is 0.0990. The van der Waals surface area contributed by atoms with E-state index in [1.54, 1.807) is 12.1 Å². The molecule has 0 spiro atoms. The van der Waals surface area contributed by atoms with Gasteiger partial charge in [-0.1, -0.05) is 42.2 Å². The monoisotopic (exact) mass is 424 g/mol. The van der Waals surface area contributed by atoms with Crippen LogP contribution in [-0.4, -0.2) is 60.1 Å². The molecule has 1 aliphatic rings. The normalized spacial score (nSPS) is 15.9. The molecule has 1 amide bonds. The first-order valence-electron chi connectivity index (χ1n) is 9.53. The Labute approximate surface area is 175 Å². The second-order valence-electron chi connectivity index (χ2n) is 7.55. The van der Waals surface area contributed by atoms with E-state index >= 15 is 0 Å². The van der Waals surface area contributed by atoms with Crippen LogP contribution in [0.4, 0.5) is 0 Å². The molecule has 1 aliphatic heterocycles. The number of benzene rings is 1. The minimum atomic E-state index is 0.0990. The highest BCUT2D eigenvalue weighted by atomic mass is 35.5. The van der Waals surface area contributed by atoms with Gasteiger partial charge in [0.05, 0.1) is 18.1 Å². The third kappa shape index (κ3) is 5.95. The average Bonchev–Trinajstić information content (AvgIpc) is 3.10. The molecule has 1 fully saturated rings. The molecule has 28 heavy (non-hydrogen) atoms. The Morgan fingerprint density at radius 1 is 1.18 bits per heavy atom. The summed E-state index contributed by atoms with van der Waals surface area (Å²) >= 11 is 12.2. The first kappa shape index (κ1) is 21.1. The Morgan fingerprint density at radius 3 is 2.57 bits per heavy atom. The molecule has 2 heterocycles. The molecule has 2 aromatic rings. The van der Waals surface area contributed by atoms with Gasteiger partial charge in [-0.3, -0.25) is 14.6 Å². The highest BCUT2D eigenvalue weighted by Gasteiger charge is 2.20. The molecule has 1 N–H and O–H groups in total. The predicted molar refractivity (Wildman–Crippen MR) is 112 cm³/mol.